The van der Waals surface area contributed by atoms with Crippen LogP contribution in [0.25, 0.3) is 0 Å². The molecule has 1 aromatic heterocycles. The topological polar surface area (TPSA) is 72.5 Å². The average molecular weight is 776 g/mol. The maximum atomic E-state index is 12.9. The third-order valence-electron chi connectivity index (χ3n) is 7.84. The number of hydrogen-bond acceptors (Lipinski definition) is 4. The zero-order chi connectivity index (χ0) is 32.8. The Morgan fingerprint density at radius 3 is 1.98 bits per heavy atom. The number of unbranched alkanes of at least 4 members (excludes halogenated alkanes) is 5. The third-order valence-corrected chi connectivity index (χ3v) is 23.4. The molecule has 1 aliphatic rings. The molecule has 0 atom stereocenters. The van der Waals surface area contributed by atoms with Crippen LogP contribution in [0.4, 0.5) is 21.0 Å². The first-order valence-electron chi connectivity index (χ1n) is 15.5. The van der Waals surface area contributed by atoms with Gasteiger partial charge in [-0.15, -0.1) is 0 Å². The van der Waals surface area contributed by atoms with Gasteiger partial charge < -0.3 is 4.70 Å². The van der Waals surface area contributed by atoms with Gasteiger partial charge in [-0.3, -0.25) is 0 Å². The fourth-order valence-electron chi connectivity index (χ4n) is 5.48. The summed E-state index contributed by atoms with van der Waals surface area (Å²) >= 11 is -2.80. The number of carbonyl (C=O) groups excluding carboxylic acids is 3. The van der Waals surface area contributed by atoms with Gasteiger partial charge in [-0.25, -0.2) is 0 Å². The minimum Gasteiger partial charge on any atom is -1.00 e. The zero-order valence-corrected chi connectivity index (χ0v) is 30.1. The first-order chi connectivity index (χ1) is 20.7. The molecule has 0 aliphatic carbocycles. The molecule has 1 saturated heterocycles. The first-order valence-corrected chi connectivity index (χ1v) is 24.7. The van der Waals surface area contributed by atoms with Crippen LogP contribution in [0.15, 0.2) is 43.0 Å². The molecule has 15 heteroatoms. The minimum absolute atomic E-state index is 0. The van der Waals surface area contributed by atoms with Gasteiger partial charge in [0.1, 0.15) is 0 Å². The van der Waals surface area contributed by atoms with Crippen LogP contribution < -0.4 is 12.9 Å². The van der Waals surface area contributed by atoms with Crippen molar-refractivity contribution in [2.75, 3.05) is 0 Å². The van der Waals surface area contributed by atoms with E-state index >= 15 is 0 Å². The number of carbonyl (C=O) groups is 3. The van der Waals surface area contributed by atoms with Crippen LogP contribution in [0.1, 0.15) is 95.3 Å². The van der Waals surface area contributed by atoms with Gasteiger partial charge >= 0.3 is 262 Å². The predicted molar refractivity (Wildman–Crippen MR) is 164 cm³/mol. The molecule has 256 valence electrons. The Morgan fingerprint density at radius 2 is 1.44 bits per heavy atom. The van der Waals surface area contributed by atoms with E-state index in [1.165, 1.54) is 68.3 Å². The van der Waals surface area contributed by atoms with E-state index in [1.807, 2.05) is 12.1 Å². The molecule has 0 N–H and O–H groups in total. The fourth-order valence-corrected chi connectivity index (χ4v) is 21.2. The van der Waals surface area contributed by atoms with Crippen LogP contribution in [0.3, 0.4) is 0 Å². The molecule has 1 aromatic carbocycles. The summed E-state index contributed by atoms with van der Waals surface area (Å²) in [6, 6.07) is 7.97. The monoisotopic (exact) mass is 777 g/mol. The smallest absolute Gasteiger partial charge is 1.00 e. The number of hydroxylamine groups is 2. The van der Waals surface area contributed by atoms with Crippen molar-refractivity contribution in [2.24, 2.45) is 0 Å². The molecule has 7 nitrogen and oxygen atoms in total. The van der Waals surface area contributed by atoms with Gasteiger partial charge in [0.05, 0.1) is 0 Å². The van der Waals surface area contributed by atoms with Crippen molar-refractivity contribution in [1.29, 1.82) is 0 Å². The van der Waals surface area contributed by atoms with Crippen molar-refractivity contribution < 1.29 is 49.5 Å². The van der Waals surface area contributed by atoms with Crippen LogP contribution in [0, 0.1) is 0 Å². The van der Waals surface area contributed by atoms with Crippen LogP contribution in [-0.4, -0.2) is 45.8 Å². The summed E-state index contributed by atoms with van der Waals surface area (Å²) < 4.78 is 59.0. The van der Waals surface area contributed by atoms with Gasteiger partial charge in [-0.1, -0.05) is 0 Å². The standard InChI is InChI=1S/C11H20N2.C11H8NO4.2C4H9.F5P.FH.Sn/c1-3-5-6-7-8-13-10-9-12(4-2)11-13;13-9-6-7-10(14)12(9)16-11(15)8-4-2-1-3-5-8;2*1-3-4-2;1-6(2,3,4)5;;/h9-11H,1,3-8H2,2H3;1-2,4-5H,6-7H2;2*1,3-4H2,2H3;;1H;/q+1;;;;;;/p-1. The van der Waals surface area contributed by atoms with E-state index in [0.717, 1.165) is 13.1 Å². The van der Waals surface area contributed by atoms with E-state index in [0.29, 0.717) is 10.6 Å². The Kier molecular flexibility index (Phi) is 17.1. The molecular formula is C30H46F6N3O4PSn. The molecule has 0 saturated carbocycles. The van der Waals surface area contributed by atoms with Crippen molar-refractivity contribution in [3.63, 3.8) is 0 Å². The number of imidazole rings is 1. The largest absolute Gasteiger partial charge is 1.00 e. The number of benzene rings is 1. The predicted octanol–water partition coefficient (Wildman–Crippen LogP) is 5.50. The molecule has 2 heterocycles. The number of imide groups is 1. The van der Waals surface area contributed by atoms with Gasteiger partial charge in [-0.05, 0) is 0 Å². The van der Waals surface area contributed by atoms with E-state index in [9.17, 15) is 35.4 Å². The molecule has 3 rings (SSSR count). The normalized spacial score (nSPS) is 14.3. The van der Waals surface area contributed by atoms with Gasteiger partial charge in [0.2, 0.25) is 0 Å². The summed E-state index contributed by atoms with van der Waals surface area (Å²) in [7, 11) is -8.55. The molecular weight excluding hydrogens is 730 g/mol. The van der Waals surface area contributed by atoms with Crippen LogP contribution in [0.2, 0.25) is 13.3 Å². The van der Waals surface area contributed by atoms with Crippen LogP contribution >= 0.6 is 8.16 Å². The van der Waals surface area contributed by atoms with E-state index in [2.05, 4.69) is 54.7 Å². The average Bonchev–Trinajstić information content (AvgIpc) is 3.56. The Labute approximate surface area is 266 Å². The number of nitrogens with zero attached hydrogens (tertiary/aromatic N) is 3. The molecule has 1 fully saturated rings. The van der Waals surface area contributed by atoms with E-state index in [4.69, 9.17) is 4.84 Å². The Bertz CT molecular complexity index is 1200. The SMILES string of the molecule is CCC[CH2][Sn]([CH2]CCC)([CH2]CCCCC[n+]1ccn(CC)c1)[c]1cccc(C(=O)ON2C(=O)CCC2=O)c1.FP(F)(F)(F)F.[F-]. The fraction of sp³-hybridized carbons (Fsp3) is 0.600. The number of halogens is 6. The molecule has 2 amide bonds. The molecule has 0 radical (unpaired) electrons. The second kappa shape index (κ2) is 18.9. The molecule has 45 heavy (non-hydrogen) atoms. The molecule has 0 bridgehead atoms. The first kappa shape index (κ1) is 40.9. The van der Waals surface area contributed by atoms with Crippen LogP contribution in [0.5, 0.6) is 0 Å². The van der Waals surface area contributed by atoms with Gasteiger partial charge in [0.15, 0.2) is 0 Å². The van der Waals surface area contributed by atoms with E-state index < -0.39 is 44.3 Å². The maximum Gasteiger partial charge on any atom is -1.00 e. The second-order valence-electron chi connectivity index (χ2n) is 11.3. The quantitative estimate of drug-likeness (QED) is 0.0532. The molecule has 2 aromatic rings. The van der Waals surface area contributed by atoms with Crippen molar-refractivity contribution in [3.05, 3.63) is 48.5 Å². The zero-order valence-electron chi connectivity index (χ0n) is 26.3. The van der Waals surface area contributed by atoms with E-state index in [-0.39, 0.29) is 17.5 Å². The number of aromatic nitrogens is 2. The molecule has 1 aliphatic heterocycles. The van der Waals surface area contributed by atoms with Crippen molar-refractivity contribution in [3.8, 4) is 0 Å². The minimum atomic E-state index is -8.55. The van der Waals surface area contributed by atoms with E-state index in [1.54, 1.807) is 6.07 Å². The van der Waals surface area contributed by atoms with Crippen molar-refractivity contribution in [2.45, 2.75) is 111 Å². The van der Waals surface area contributed by atoms with Gasteiger partial charge in [0, 0.05) is 0 Å². The number of hydrogen-bond donors (Lipinski definition) is 0. The number of rotatable bonds is 17. The maximum absolute atomic E-state index is 12.9. The third kappa shape index (κ3) is 15.3. The van der Waals surface area contributed by atoms with Crippen LogP contribution in [-0.2, 0) is 27.5 Å². The van der Waals surface area contributed by atoms with Crippen molar-refractivity contribution in [1.82, 2.24) is 9.63 Å². The Hall–Kier alpha value is -2.15. The van der Waals surface area contributed by atoms with Gasteiger partial charge in [0.25, 0.3) is 0 Å². The number of amides is 2. The molecule has 0 spiro atoms. The van der Waals surface area contributed by atoms with Gasteiger partial charge in [-0.2, -0.15) is 0 Å². The van der Waals surface area contributed by atoms with Crippen molar-refractivity contribution >= 4 is 47.9 Å². The summed E-state index contributed by atoms with van der Waals surface area (Å²) in [5.74, 6) is -1.50. The summed E-state index contributed by atoms with van der Waals surface area (Å²) in [5, 5.41) is 0.648. The summed E-state index contributed by atoms with van der Waals surface area (Å²) in [6.07, 6.45) is 16.4. The molecule has 0 unspecified atom stereocenters. The Morgan fingerprint density at radius 1 is 0.889 bits per heavy atom. The number of aryl methyl sites for hydroxylation is 2. The summed E-state index contributed by atoms with van der Waals surface area (Å²) in [5.41, 5.74) is 0.445. The Balaban J connectivity index is 0.00000131. The summed E-state index contributed by atoms with van der Waals surface area (Å²) in [4.78, 5) is 42.0. The summed E-state index contributed by atoms with van der Waals surface area (Å²) in [6.45, 7) is 8.76. The second-order valence-corrected chi connectivity index (χ2v) is 25.8.